The molecule has 0 aromatic heterocycles. The van der Waals surface area contributed by atoms with Gasteiger partial charge in [-0.25, -0.2) is 0 Å². The molecule has 0 saturated carbocycles. The molecule has 2 rings (SSSR count). The maximum Gasteiger partial charge on any atom is 0.193 e. The van der Waals surface area contributed by atoms with Gasteiger partial charge in [-0.05, 0) is 37.7 Å². The van der Waals surface area contributed by atoms with Gasteiger partial charge in [0.05, 0.1) is 0 Å². The number of benzene rings is 1. The minimum Gasteiger partial charge on any atom is -0.381 e. The molecule has 5 nitrogen and oxygen atoms in total. The van der Waals surface area contributed by atoms with Crippen molar-refractivity contribution in [2.75, 3.05) is 46.6 Å². The zero-order chi connectivity index (χ0) is 17.7. The first-order valence-electron chi connectivity index (χ1n) is 9.48. The van der Waals surface area contributed by atoms with Gasteiger partial charge in [0, 0.05) is 53.1 Å². The molecule has 0 amide bonds. The Bertz CT molecular complexity index is 493. The summed E-state index contributed by atoms with van der Waals surface area (Å²) in [6.45, 7) is 8.03. The molecule has 26 heavy (non-hydrogen) atoms. The highest BCUT2D eigenvalue weighted by atomic mass is 127. The van der Waals surface area contributed by atoms with Crippen LogP contribution >= 0.6 is 24.0 Å². The lowest BCUT2D eigenvalue weighted by Gasteiger charge is -2.22. The Morgan fingerprint density at radius 3 is 2.69 bits per heavy atom. The highest BCUT2D eigenvalue weighted by Crippen LogP contribution is 2.14. The van der Waals surface area contributed by atoms with E-state index >= 15 is 0 Å². The Morgan fingerprint density at radius 1 is 1.27 bits per heavy atom. The lowest BCUT2D eigenvalue weighted by atomic mass is 10.0. The molecule has 6 heteroatoms. The third-order valence-electron chi connectivity index (χ3n) is 4.36. The SMILES string of the molecule is CCNC(=NCCCOCC1CCOCC1)N(C)Cc1ccccc1.I. The number of nitrogens with one attached hydrogen (secondary N) is 1. The van der Waals surface area contributed by atoms with Crippen molar-refractivity contribution in [1.29, 1.82) is 0 Å². The van der Waals surface area contributed by atoms with Crippen LogP contribution in [0.2, 0.25) is 0 Å². The monoisotopic (exact) mass is 475 g/mol. The minimum absolute atomic E-state index is 0. The van der Waals surface area contributed by atoms with E-state index in [9.17, 15) is 0 Å². The predicted molar refractivity (Wildman–Crippen MR) is 118 cm³/mol. The van der Waals surface area contributed by atoms with Gasteiger partial charge in [-0.1, -0.05) is 30.3 Å². The summed E-state index contributed by atoms with van der Waals surface area (Å²) in [7, 11) is 2.08. The Hall–Kier alpha value is -0.860. The van der Waals surface area contributed by atoms with Gasteiger partial charge in [0.25, 0.3) is 0 Å². The summed E-state index contributed by atoms with van der Waals surface area (Å²) >= 11 is 0. The third kappa shape index (κ3) is 9.19. The van der Waals surface area contributed by atoms with Crippen LogP contribution in [0.5, 0.6) is 0 Å². The summed E-state index contributed by atoms with van der Waals surface area (Å²) in [4.78, 5) is 6.89. The fourth-order valence-corrected chi connectivity index (χ4v) is 2.92. The van der Waals surface area contributed by atoms with Gasteiger partial charge in [0.15, 0.2) is 5.96 Å². The van der Waals surface area contributed by atoms with E-state index in [2.05, 4.69) is 48.5 Å². The van der Waals surface area contributed by atoms with Crippen LogP contribution in [0.4, 0.5) is 0 Å². The van der Waals surface area contributed by atoms with Gasteiger partial charge in [0.2, 0.25) is 0 Å². The Labute approximate surface area is 175 Å². The minimum atomic E-state index is 0. The van der Waals surface area contributed by atoms with Crippen molar-refractivity contribution in [2.45, 2.75) is 32.7 Å². The molecule has 1 N–H and O–H groups in total. The van der Waals surface area contributed by atoms with E-state index in [0.717, 1.165) is 71.3 Å². The van der Waals surface area contributed by atoms with Gasteiger partial charge >= 0.3 is 0 Å². The molecule has 1 fully saturated rings. The highest BCUT2D eigenvalue weighted by molar-refractivity contribution is 14.0. The fourth-order valence-electron chi connectivity index (χ4n) is 2.92. The molecule has 0 aliphatic carbocycles. The van der Waals surface area contributed by atoms with Crippen molar-refractivity contribution in [3.63, 3.8) is 0 Å². The smallest absolute Gasteiger partial charge is 0.193 e. The highest BCUT2D eigenvalue weighted by Gasteiger charge is 2.13. The van der Waals surface area contributed by atoms with Crippen LogP contribution in [0.15, 0.2) is 35.3 Å². The molecule has 0 radical (unpaired) electrons. The van der Waals surface area contributed by atoms with Crippen molar-refractivity contribution in [3.05, 3.63) is 35.9 Å². The lowest BCUT2D eigenvalue weighted by Crippen LogP contribution is -2.38. The van der Waals surface area contributed by atoms with Crippen molar-refractivity contribution >= 4 is 29.9 Å². The third-order valence-corrected chi connectivity index (χ3v) is 4.36. The lowest BCUT2D eigenvalue weighted by molar-refractivity contribution is 0.0205. The average molecular weight is 475 g/mol. The molecule has 0 spiro atoms. The fraction of sp³-hybridized carbons (Fsp3) is 0.650. The van der Waals surface area contributed by atoms with Crippen LogP contribution in [-0.4, -0.2) is 57.4 Å². The van der Waals surface area contributed by atoms with E-state index in [4.69, 9.17) is 14.5 Å². The van der Waals surface area contributed by atoms with E-state index in [0.29, 0.717) is 5.92 Å². The second kappa shape index (κ2) is 14.2. The van der Waals surface area contributed by atoms with Crippen LogP contribution in [0, 0.1) is 5.92 Å². The maximum absolute atomic E-state index is 5.81. The topological polar surface area (TPSA) is 46.1 Å². The summed E-state index contributed by atoms with van der Waals surface area (Å²) < 4.78 is 11.2. The molecular weight excluding hydrogens is 441 g/mol. The largest absolute Gasteiger partial charge is 0.381 e. The average Bonchev–Trinajstić information content (AvgIpc) is 2.65. The quantitative estimate of drug-likeness (QED) is 0.257. The number of hydrogen-bond acceptors (Lipinski definition) is 3. The Balaban J connectivity index is 0.00000338. The van der Waals surface area contributed by atoms with Crippen molar-refractivity contribution in [1.82, 2.24) is 10.2 Å². The number of ether oxygens (including phenoxy) is 2. The molecule has 1 aromatic carbocycles. The first kappa shape index (κ1) is 23.2. The number of rotatable bonds is 9. The van der Waals surface area contributed by atoms with Crippen LogP contribution in [0.25, 0.3) is 0 Å². The molecule has 0 atom stereocenters. The van der Waals surface area contributed by atoms with Crippen molar-refractivity contribution in [2.24, 2.45) is 10.9 Å². The summed E-state index contributed by atoms with van der Waals surface area (Å²) in [5.41, 5.74) is 1.29. The molecule has 1 aromatic rings. The zero-order valence-corrected chi connectivity index (χ0v) is 18.5. The molecule has 1 aliphatic heterocycles. The number of aliphatic imine (C=N–C) groups is 1. The van der Waals surface area contributed by atoms with Gasteiger partial charge < -0.3 is 19.7 Å². The number of nitrogens with zero attached hydrogens (tertiary/aromatic N) is 2. The number of halogens is 1. The Morgan fingerprint density at radius 2 is 2.00 bits per heavy atom. The van der Waals surface area contributed by atoms with Gasteiger partial charge in [-0.2, -0.15) is 0 Å². The Kier molecular flexibility index (Phi) is 12.7. The molecule has 0 unspecified atom stereocenters. The summed E-state index contributed by atoms with van der Waals surface area (Å²) in [5.74, 6) is 1.63. The van der Waals surface area contributed by atoms with Crippen molar-refractivity contribution < 1.29 is 9.47 Å². The summed E-state index contributed by atoms with van der Waals surface area (Å²) in [5, 5.41) is 3.37. The predicted octanol–water partition coefficient (Wildman–Crippen LogP) is 3.54. The van der Waals surface area contributed by atoms with Crippen LogP contribution in [0.3, 0.4) is 0 Å². The summed E-state index contributed by atoms with van der Waals surface area (Å²) in [6.07, 6.45) is 3.22. The maximum atomic E-state index is 5.81. The van der Waals surface area contributed by atoms with Gasteiger partial charge in [-0.3, -0.25) is 4.99 Å². The van der Waals surface area contributed by atoms with E-state index in [-0.39, 0.29) is 24.0 Å². The van der Waals surface area contributed by atoms with E-state index in [1.165, 1.54) is 5.56 Å². The number of guanidine groups is 1. The van der Waals surface area contributed by atoms with Crippen LogP contribution in [-0.2, 0) is 16.0 Å². The second-order valence-corrected chi connectivity index (χ2v) is 6.56. The standard InChI is InChI=1S/C20H33N3O2.HI/c1-3-21-20(23(2)16-18-8-5-4-6-9-18)22-12-7-13-25-17-19-10-14-24-15-11-19;/h4-6,8-9,19H,3,7,10-17H2,1-2H3,(H,21,22);1H. The van der Waals surface area contributed by atoms with E-state index < -0.39 is 0 Å². The van der Waals surface area contributed by atoms with Crippen molar-refractivity contribution in [3.8, 4) is 0 Å². The van der Waals surface area contributed by atoms with Crippen LogP contribution < -0.4 is 5.32 Å². The molecule has 0 bridgehead atoms. The molecule has 1 heterocycles. The van der Waals surface area contributed by atoms with Gasteiger partial charge in [0.1, 0.15) is 0 Å². The molecule has 1 aliphatic rings. The van der Waals surface area contributed by atoms with E-state index in [1.807, 2.05) is 6.07 Å². The molecule has 148 valence electrons. The normalized spacial score (nSPS) is 15.4. The van der Waals surface area contributed by atoms with E-state index in [1.54, 1.807) is 0 Å². The first-order valence-corrected chi connectivity index (χ1v) is 9.48. The van der Waals surface area contributed by atoms with Gasteiger partial charge in [-0.15, -0.1) is 24.0 Å². The molecule has 1 saturated heterocycles. The van der Waals surface area contributed by atoms with Crippen LogP contribution in [0.1, 0.15) is 31.7 Å². The second-order valence-electron chi connectivity index (χ2n) is 6.56. The molecular formula is C20H34IN3O2. The zero-order valence-electron chi connectivity index (χ0n) is 16.2. The summed E-state index contributed by atoms with van der Waals surface area (Å²) in [6, 6.07) is 10.5. The number of hydrogen-bond donors (Lipinski definition) is 1. The first-order chi connectivity index (χ1) is 12.3.